The minimum atomic E-state index is -0.613. The van der Waals surface area contributed by atoms with E-state index < -0.39 is 11.8 Å². The molecule has 0 heterocycles. The van der Waals surface area contributed by atoms with Gasteiger partial charge in [-0.15, -0.1) is 0 Å². The van der Waals surface area contributed by atoms with E-state index in [9.17, 15) is 19.5 Å². The number of benzene rings is 2. The Balaban J connectivity index is 1.56. The monoisotopic (exact) mass is 350 g/mol. The number of hydrogen-bond donors (Lipinski definition) is 3. The van der Waals surface area contributed by atoms with Gasteiger partial charge >= 0.3 is 0 Å². The van der Waals surface area contributed by atoms with Gasteiger partial charge in [-0.3, -0.25) is 25.2 Å². The number of phenolic OH excluding ortho intramolecular Hbond substituents is 1. The summed E-state index contributed by atoms with van der Waals surface area (Å²) in [7, 11) is 0. The highest BCUT2D eigenvalue weighted by Gasteiger charge is 2.17. The van der Waals surface area contributed by atoms with Crippen LogP contribution in [0, 0.1) is 5.92 Å². The molecule has 0 radical (unpaired) electrons. The third-order valence-corrected chi connectivity index (χ3v) is 4.19. The van der Waals surface area contributed by atoms with E-state index in [1.54, 1.807) is 24.3 Å². The molecule has 2 aromatic rings. The summed E-state index contributed by atoms with van der Waals surface area (Å²) in [6.07, 6.45) is 7.12. The summed E-state index contributed by atoms with van der Waals surface area (Å²) in [6, 6.07) is 10.4. The first-order valence-corrected chi connectivity index (χ1v) is 8.24. The Morgan fingerprint density at radius 1 is 1.04 bits per heavy atom. The van der Waals surface area contributed by atoms with E-state index in [0.29, 0.717) is 6.42 Å². The van der Waals surface area contributed by atoms with Crippen molar-refractivity contribution in [3.8, 4) is 5.75 Å². The molecule has 1 aliphatic rings. The van der Waals surface area contributed by atoms with Crippen LogP contribution in [-0.2, 0) is 9.59 Å². The maximum Gasteiger partial charge on any atom is 0.273 e. The number of nitrogens with one attached hydrogen (secondary N) is 2. The average Bonchev–Trinajstić information content (AvgIpc) is 2.65. The minimum Gasteiger partial charge on any atom is -0.507 e. The molecule has 2 aromatic carbocycles. The lowest BCUT2D eigenvalue weighted by Gasteiger charge is -2.12. The normalized spacial score (nSPS) is 15.8. The summed E-state index contributed by atoms with van der Waals surface area (Å²) in [5, 5.41) is 11.6. The van der Waals surface area contributed by atoms with E-state index in [1.165, 1.54) is 12.1 Å². The zero-order chi connectivity index (χ0) is 18.5. The topological polar surface area (TPSA) is 95.5 Å². The fourth-order valence-corrected chi connectivity index (χ4v) is 2.76. The van der Waals surface area contributed by atoms with Crippen LogP contribution < -0.4 is 10.9 Å². The summed E-state index contributed by atoms with van der Waals surface area (Å²) >= 11 is 0. The maximum absolute atomic E-state index is 12.2. The van der Waals surface area contributed by atoms with E-state index >= 15 is 0 Å². The van der Waals surface area contributed by atoms with Crippen LogP contribution in [0.25, 0.3) is 10.8 Å². The van der Waals surface area contributed by atoms with Crippen LogP contribution in [-0.4, -0.2) is 22.7 Å². The van der Waals surface area contributed by atoms with Crippen LogP contribution in [0.4, 0.5) is 0 Å². The molecule has 0 saturated heterocycles. The number of carbonyl (C=O) groups excluding carboxylic acids is 3. The van der Waals surface area contributed by atoms with Crippen LogP contribution in [0.2, 0.25) is 0 Å². The first-order chi connectivity index (χ1) is 12.5. The molecule has 0 fully saturated rings. The fraction of sp³-hybridized carbons (Fsp3) is 0.150. The Kier molecular flexibility index (Phi) is 5.12. The summed E-state index contributed by atoms with van der Waals surface area (Å²) < 4.78 is 0. The van der Waals surface area contributed by atoms with E-state index in [2.05, 4.69) is 10.9 Å². The van der Waals surface area contributed by atoms with Crippen LogP contribution in [0.5, 0.6) is 5.75 Å². The lowest BCUT2D eigenvalue weighted by atomic mass is 9.94. The van der Waals surface area contributed by atoms with Crippen LogP contribution in [0.1, 0.15) is 23.2 Å². The zero-order valence-corrected chi connectivity index (χ0v) is 13.9. The molecular weight excluding hydrogens is 332 g/mol. The smallest absolute Gasteiger partial charge is 0.273 e. The third-order valence-electron chi connectivity index (χ3n) is 4.19. The number of hydrazine groups is 1. The minimum absolute atomic E-state index is 0.0366. The van der Waals surface area contributed by atoms with Crippen molar-refractivity contribution in [1.82, 2.24) is 10.9 Å². The van der Waals surface area contributed by atoms with Gasteiger partial charge in [-0.05, 0) is 35.4 Å². The average molecular weight is 350 g/mol. The molecule has 0 bridgehead atoms. The number of amides is 2. The van der Waals surface area contributed by atoms with Gasteiger partial charge in [0.1, 0.15) is 5.75 Å². The molecule has 1 aliphatic carbocycles. The molecule has 0 aliphatic heterocycles. The Hall–Kier alpha value is -3.41. The molecule has 26 heavy (non-hydrogen) atoms. The van der Waals surface area contributed by atoms with Crippen LogP contribution in [0.3, 0.4) is 0 Å². The molecule has 6 heteroatoms. The number of fused-ring (bicyclic) bond motifs is 1. The summed E-state index contributed by atoms with van der Waals surface area (Å²) in [5.41, 5.74) is 4.66. The van der Waals surface area contributed by atoms with Gasteiger partial charge in [0, 0.05) is 12.3 Å². The second-order valence-electron chi connectivity index (χ2n) is 6.01. The largest absolute Gasteiger partial charge is 0.507 e. The number of phenols is 1. The van der Waals surface area contributed by atoms with Gasteiger partial charge in [-0.1, -0.05) is 42.5 Å². The van der Waals surface area contributed by atoms with Gasteiger partial charge < -0.3 is 5.11 Å². The Morgan fingerprint density at radius 3 is 2.50 bits per heavy atom. The molecule has 132 valence electrons. The quantitative estimate of drug-likeness (QED) is 0.738. The molecule has 2 amide bonds. The molecule has 3 rings (SSSR count). The van der Waals surface area contributed by atoms with Crippen molar-refractivity contribution in [2.45, 2.75) is 12.8 Å². The van der Waals surface area contributed by atoms with Gasteiger partial charge in [-0.2, -0.15) is 0 Å². The third kappa shape index (κ3) is 3.97. The first kappa shape index (κ1) is 17.4. The summed E-state index contributed by atoms with van der Waals surface area (Å²) in [4.78, 5) is 35.7. The number of hydrogen-bond acceptors (Lipinski definition) is 4. The highest BCUT2D eigenvalue weighted by Crippen LogP contribution is 2.24. The van der Waals surface area contributed by atoms with Crippen LogP contribution >= 0.6 is 0 Å². The van der Waals surface area contributed by atoms with Crippen molar-refractivity contribution < 1.29 is 19.5 Å². The van der Waals surface area contributed by atoms with Crippen molar-refractivity contribution in [3.63, 3.8) is 0 Å². The Morgan fingerprint density at radius 2 is 1.77 bits per heavy atom. The molecule has 1 atom stereocenters. The standard InChI is InChI=1S/C20H18N2O4/c23-17-8-4-3-5-13(17)9-10-19(25)21-22-20(26)16-11-14-6-1-2-7-15(14)12-18(16)24/h1-8,11-13,24H,9-10H2,(H,21,25)(H,22,26). The van der Waals surface area contributed by atoms with Gasteiger partial charge in [0.25, 0.3) is 5.91 Å². The fourth-order valence-electron chi connectivity index (χ4n) is 2.76. The van der Waals surface area contributed by atoms with Crippen molar-refractivity contribution in [1.29, 1.82) is 0 Å². The molecule has 0 aromatic heterocycles. The van der Waals surface area contributed by atoms with Crippen molar-refractivity contribution in [3.05, 3.63) is 66.3 Å². The SMILES string of the molecule is O=C(CCC1C=CC=CC1=O)NNC(=O)c1cc2ccccc2cc1O. The highest BCUT2D eigenvalue weighted by molar-refractivity contribution is 6.02. The molecule has 0 spiro atoms. The second kappa shape index (κ2) is 7.65. The van der Waals surface area contributed by atoms with Gasteiger partial charge in [-0.25, -0.2) is 0 Å². The van der Waals surface area contributed by atoms with Gasteiger partial charge in [0.05, 0.1) is 5.56 Å². The summed E-state index contributed by atoms with van der Waals surface area (Å²) in [6.45, 7) is 0. The maximum atomic E-state index is 12.2. The zero-order valence-electron chi connectivity index (χ0n) is 13.9. The first-order valence-electron chi connectivity index (χ1n) is 8.24. The van der Waals surface area contributed by atoms with Crippen molar-refractivity contribution >= 4 is 28.4 Å². The Bertz CT molecular complexity index is 931. The number of aromatic hydroxyl groups is 1. The summed E-state index contributed by atoms with van der Waals surface area (Å²) in [5.74, 6) is -1.54. The Labute approximate surface area is 150 Å². The molecule has 1 unspecified atom stereocenters. The van der Waals surface area contributed by atoms with Gasteiger partial charge in [0.2, 0.25) is 5.91 Å². The van der Waals surface area contributed by atoms with Crippen LogP contribution in [0.15, 0.2) is 60.7 Å². The molecule has 0 saturated carbocycles. The van der Waals surface area contributed by atoms with Gasteiger partial charge in [0.15, 0.2) is 5.78 Å². The number of rotatable bonds is 4. The molecular formula is C20H18N2O4. The highest BCUT2D eigenvalue weighted by atomic mass is 16.3. The second-order valence-corrected chi connectivity index (χ2v) is 6.01. The lowest BCUT2D eigenvalue weighted by Crippen LogP contribution is -2.41. The molecule has 3 N–H and O–H groups in total. The van der Waals surface area contributed by atoms with Crippen molar-refractivity contribution in [2.24, 2.45) is 5.92 Å². The number of carbonyl (C=O) groups is 3. The number of allylic oxidation sites excluding steroid dienone is 4. The van der Waals surface area contributed by atoms with E-state index in [0.717, 1.165) is 10.8 Å². The van der Waals surface area contributed by atoms with Crippen molar-refractivity contribution in [2.75, 3.05) is 0 Å². The predicted octanol–water partition coefficient (Wildman–Crippen LogP) is 2.40. The van der Waals surface area contributed by atoms with E-state index in [-0.39, 0.29) is 29.4 Å². The van der Waals surface area contributed by atoms with E-state index in [4.69, 9.17) is 0 Å². The number of ketones is 1. The molecule has 6 nitrogen and oxygen atoms in total. The lowest BCUT2D eigenvalue weighted by molar-refractivity contribution is -0.122. The predicted molar refractivity (Wildman–Crippen MR) is 97.2 cm³/mol. The van der Waals surface area contributed by atoms with E-state index in [1.807, 2.05) is 24.3 Å².